The summed E-state index contributed by atoms with van der Waals surface area (Å²) < 4.78 is 19.7. The van der Waals surface area contributed by atoms with Crippen molar-refractivity contribution >= 4 is 34.4 Å². The van der Waals surface area contributed by atoms with E-state index in [9.17, 15) is 23.6 Å². The van der Waals surface area contributed by atoms with Crippen molar-refractivity contribution in [2.24, 2.45) is 0 Å². The van der Waals surface area contributed by atoms with Gasteiger partial charge in [0.15, 0.2) is 12.3 Å². The molecule has 0 radical (unpaired) electrons. The topological polar surface area (TPSA) is 119 Å². The van der Waals surface area contributed by atoms with Crippen LogP contribution < -0.4 is 16.2 Å². The molecule has 0 aliphatic heterocycles. The lowest BCUT2D eigenvalue weighted by Crippen LogP contribution is -2.37. The van der Waals surface area contributed by atoms with Crippen LogP contribution in [0.3, 0.4) is 0 Å². The van der Waals surface area contributed by atoms with E-state index < -0.39 is 30.3 Å². The molecule has 9 nitrogen and oxygen atoms in total. The highest BCUT2D eigenvalue weighted by molar-refractivity contribution is 6.04. The van der Waals surface area contributed by atoms with Gasteiger partial charge in [0.25, 0.3) is 11.5 Å². The molecule has 0 spiro atoms. The molecule has 0 aliphatic rings. The summed E-state index contributed by atoms with van der Waals surface area (Å²) in [5.41, 5.74) is -0.567. The summed E-state index contributed by atoms with van der Waals surface area (Å²) in [4.78, 5) is 48.7. The number of carbonyl (C=O) groups excluding carboxylic acids is 3. The lowest BCUT2D eigenvalue weighted by molar-refractivity contribution is -0.123. The molecule has 2 N–H and O–H groups in total. The number of urea groups is 1. The predicted molar refractivity (Wildman–Crippen MR) is 110 cm³/mol. The number of rotatable bonds is 6. The molecular weight excluding hydrogens is 407 g/mol. The number of benzene rings is 2. The normalized spacial score (nSPS) is 10.5. The van der Waals surface area contributed by atoms with E-state index in [0.29, 0.717) is 23.7 Å². The molecule has 160 valence electrons. The molecule has 0 atom stereocenters. The van der Waals surface area contributed by atoms with E-state index in [2.05, 4.69) is 10.4 Å². The van der Waals surface area contributed by atoms with Gasteiger partial charge in [0, 0.05) is 11.9 Å². The number of hydrogen-bond donors (Lipinski definition) is 2. The first kappa shape index (κ1) is 21.6. The molecule has 3 aromatic rings. The van der Waals surface area contributed by atoms with Crippen molar-refractivity contribution in [3.63, 3.8) is 0 Å². The van der Waals surface area contributed by atoms with Gasteiger partial charge in [0.2, 0.25) is 0 Å². The second-order valence-corrected chi connectivity index (χ2v) is 6.48. The molecule has 0 saturated carbocycles. The highest BCUT2D eigenvalue weighted by atomic mass is 19.1. The number of nitrogens with zero attached hydrogens (tertiary/aromatic N) is 2. The maximum Gasteiger partial charge on any atom is 0.359 e. The monoisotopic (exact) mass is 426 g/mol. The number of para-hydroxylation sites is 1. The van der Waals surface area contributed by atoms with Crippen LogP contribution in [0.25, 0.3) is 10.8 Å². The van der Waals surface area contributed by atoms with E-state index in [1.165, 1.54) is 22.9 Å². The van der Waals surface area contributed by atoms with Gasteiger partial charge in [-0.1, -0.05) is 37.3 Å². The molecule has 0 fully saturated rings. The fourth-order valence-electron chi connectivity index (χ4n) is 2.83. The first-order valence-corrected chi connectivity index (χ1v) is 9.43. The van der Waals surface area contributed by atoms with Gasteiger partial charge in [0.1, 0.15) is 5.82 Å². The number of esters is 1. The van der Waals surface area contributed by atoms with Crippen LogP contribution in [0.15, 0.2) is 53.3 Å². The summed E-state index contributed by atoms with van der Waals surface area (Å²) in [6, 6.07) is 10.9. The van der Waals surface area contributed by atoms with Gasteiger partial charge in [-0.05, 0) is 24.6 Å². The molecule has 0 aliphatic carbocycles. The van der Waals surface area contributed by atoms with E-state index in [1.54, 1.807) is 24.3 Å². The Morgan fingerprint density at radius 1 is 1.06 bits per heavy atom. The number of carbonyl (C=O) groups is 3. The number of amides is 3. The van der Waals surface area contributed by atoms with Crippen LogP contribution in [0, 0.1) is 5.82 Å². The molecule has 1 aromatic heterocycles. The smallest absolute Gasteiger partial charge is 0.359 e. The van der Waals surface area contributed by atoms with Gasteiger partial charge < -0.3 is 10.1 Å². The average Bonchev–Trinajstić information content (AvgIpc) is 2.76. The van der Waals surface area contributed by atoms with Crippen LogP contribution in [0.2, 0.25) is 0 Å². The van der Waals surface area contributed by atoms with Gasteiger partial charge >= 0.3 is 12.0 Å². The third-order valence-electron chi connectivity index (χ3n) is 4.21. The third kappa shape index (κ3) is 5.10. The van der Waals surface area contributed by atoms with Gasteiger partial charge in [-0.15, -0.1) is 0 Å². The van der Waals surface area contributed by atoms with Crippen LogP contribution in [0.5, 0.6) is 0 Å². The number of imide groups is 1. The minimum atomic E-state index is -0.980. The van der Waals surface area contributed by atoms with Gasteiger partial charge in [0.05, 0.1) is 11.1 Å². The lowest BCUT2D eigenvalue weighted by Gasteiger charge is -2.10. The third-order valence-corrected chi connectivity index (χ3v) is 4.21. The Bertz CT molecular complexity index is 1210. The van der Waals surface area contributed by atoms with Crippen molar-refractivity contribution in [2.75, 3.05) is 11.9 Å². The van der Waals surface area contributed by atoms with Crippen molar-refractivity contribution in [1.29, 1.82) is 0 Å². The number of ether oxygens (including phenoxy) is 1. The molecule has 1 heterocycles. The summed E-state index contributed by atoms with van der Waals surface area (Å²) in [5.74, 6) is -2.52. The molecule has 0 unspecified atom stereocenters. The average molecular weight is 426 g/mol. The highest BCUT2D eigenvalue weighted by Gasteiger charge is 2.19. The van der Waals surface area contributed by atoms with Gasteiger partial charge in [-0.3, -0.25) is 14.9 Å². The molecule has 0 bridgehead atoms. The van der Waals surface area contributed by atoms with Crippen molar-refractivity contribution < 1.29 is 23.5 Å². The number of anilines is 1. The Balaban J connectivity index is 1.68. The van der Waals surface area contributed by atoms with Crippen molar-refractivity contribution in [3.05, 3.63) is 70.4 Å². The number of aryl methyl sites for hydroxylation is 1. The zero-order valence-electron chi connectivity index (χ0n) is 16.6. The Labute approximate surface area is 175 Å². The number of fused-ring (bicyclic) bond motifs is 1. The molecule has 10 heteroatoms. The molecule has 3 rings (SSSR count). The summed E-state index contributed by atoms with van der Waals surface area (Å²) in [6.07, 6.45) is 0.624. The molecule has 3 amide bonds. The quantitative estimate of drug-likeness (QED) is 0.585. The van der Waals surface area contributed by atoms with E-state index >= 15 is 0 Å². The van der Waals surface area contributed by atoms with E-state index in [1.807, 2.05) is 12.2 Å². The van der Waals surface area contributed by atoms with Crippen LogP contribution in [0.4, 0.5) is 14.9 Å². The number of nitrogens with one attached hydrogen (secondary N) is 2. The Morgan fingerprint density at radius 2 is 1.74 bits per heavy atom. The van der Waals surface area contributed by atoms with E-state index in [-0.39, 0.29) is 16.9 Å². The Hall–Kier alpha value is -4.08. The summed E-state index contributed by atoms with van der Waals surface area (Å²) in [7, 11) is 0. The van der Waals surface area contributed by atoms with Crippen LogP contribution >= 0.6 is 0 Å². The SMILES string of the molecule is CCCn1nc(C(=O)OCC(=O)NC(=O)Nc2ccccc2F)c2ccccc2c1=O. The largest absolute Gasteiger partial charge is 0.451 e. The van der Waals surface area contributed by atoms with Crippen LogP contribution in [0.1, 0.15) is 23.8 Å². The first-order valence-electron chi connectivity index (χ1n) is 9.43. The Morgan fingerprint density at radius 3 is 2.45 bits per heavy atom. The molecular formula is C21H19FN4O5. The minimum Gasteiger partial charge on any atom is -0.451 e. The highest BCUT2D eigenvalue weighted by Crippen LogP contribution is 2.15. The number of halogens is 1. The molecule has 31 heavy (non-hydrogen) atoms. The number of hydrogen-bond acceptors (Lipinski definition) is 6. The zero-order chi connectivity index (χ0) is 22.4. The summed E-state index contributed by atoms with van der Waals surface area (Å²) in [5, 5.41) is 8.77. The van der Waals surface area contributed by atoms with Gasteiger partial charge in [-0.2, -0.15) is 5.10 Å². The predicted octanol–water partition coefficient (Wildman–Crippen LogP) is 2.45. The van der Waals surface area contributed by atoms with Crippen LogP contribution in [-0.2, 0) is 16.1 Å². The maximum atomic E-state index is 13.5. The minimum absolute atomic E-state index is 0.112. The Kier molecular flexibility index (Phi) is 6.71. The molecule has 2 aromatic carbocycles. The zero-order valence-corrected chi connectivity index (χ0v) is 16.6. The van der Waals surface area contributed by atoms with E-state index in [0.717, 1.165) is 6.07 Å². The van der Waals surface area contributed by atoms with Crippen molar-refractivity contribution in [1.82, 2.24) is 15.1 Å². The lowest BCUT2D eigenvalue weighted by atomic mass is 10.1. The second kappa shape index (κ2) is 9.61. The van der Waals surface area contributed by atoms with E-state index in [4.69, 9.17) is 4.74 Å². The van der Waals surface area contributed by atoms with Crippen LogP contribution in [-0.4, -0.2) is 34.3 Å². The first-order chi connectivity index (χ1) is 14.9. The van der Waals surface area contributed by atoms with Crippen molar-refractivity contribution in [3.8, 4) is 0 Å². The maximum absolute atomic E-state index is 13.5. The summed E-state index contributed by atoms with van der Waals surface area (Å²) >= 11 is 0. The van der Waals surface area contributed by atoms with Gasteiger partial charge in [-0.25, -0.2) is 18.7 Å². The standard InChI is InChI=1S/C21H19FN4O5/c1-2-11-26-19(28)14-8-4-3-7-13(14)18(25-26)20(29)31-12-17(27)24-21(30)23-16-10-6-5-9-15(16)22/h3-10H,2,11-12H2,1H3,(H2,23,24,27,30). The number of aromatic nitrogens is 2. The second-order valence-electron chi connectivity index (χ2n) is 6.48. The summed E-state index contributed by atoms with van der Waals surface area (Å²) in [6.45, 7) is 1.39. The van der Waals surface area contributed by atoms with Crippen molar-refractivity contribution in [2.45, 2.75) is 19.9 Å². The molecule has 0 saturated heterocycles. The fraction of sp³-hybridized carbons (Fsp3) is 0.190. The fourth-order valence-corrected chi connectivity index (χ4v) is 2.83.